The molecule has 5 nitrogen and oxygen atoms in total. The third-order valence-electron chi connectivity index (χ3n) is 2.55. The average Bonchev–Trinajstić information content (AvgIpc) is 2.62. The van der Waals surface area contributed by atoms with E-state index in [1.54, 1.807) is 11.3 Å². The van der Waals surface area contributed by atoms with Crippen LogP contribution in [0, 0.1) is 13.8 Å². The van der Waals surface area contributed by atoms with E-state index < -0.39 is 0 Å². The first-order valence-electron chi connectivity index (χ1n) is 5.37. The monoisotopic (exact) mass is 282 g/mol. The van der Waals surface area contributed by atoms with E-state index in [2.05, 4.69) is 27.7 Å². The largest absolute Gasteiger partial charge is 0.281 e. The summed E-state index contributed by atoms with van der Waals surface area (Å²) in [5, 5.41) is 1.67. The summed E-state index contributed by atoms with van der Waals surface area (Å²) in [6.07, 6.45) is 1.93. The molecule has 0 aliphatic carbocycles. The molecule has 0 aliphatic rings. The molecule has 0 radical (unpaired) electrons. The van der Waals surface area contributed by atoms with Crippen molar-refractivity contribution in [3.8, 4) is 0 Å². The van der Waals surface area contributed by atoms with Crippen LogP contribution in [0.15, 0.2) is 5.16 Å². The molecule has 2 aromatic rings. The summed E-state index contributed by atoms with van der Waals surface area (Å²) in [5.41, 5.74) is 6.57. The molecule has 2 heterocycles. The van der Waals surface area contributed by atoms with Crippen molar-refractivity contribution in [1.82, 2.24) is 15.4 Å². The highest BCUT2D eigenvalue weighted by Gasteiger charge is 2.14. The number of carbonyl (C=O) groups excluding carboxylic acids is 1. The van der Waals surface area contributed by atoms with Crippen LogP contribution in [-0.2, 0) is 4.79 Å². The van der Waals surface area contributed by atoms with Gasteiger partial charge in [0.25, 0.3) is 0 Å². The number of hydrogen-bond donors (Lipinski definition) is 2. The highest BCUT2D eigenvalue weighted by Crippen LogP contribution is 2.34. The van der Waals surface area contributed by atoms with Crippen LogP contribution in [-0.4, -0.2) is 22.1 Å². The van der Waals surface area contributed by atoms with Crippen LogP contribution in [0.1, 0.15) is 17.4 Å². The number of anilines is 1. The van der Waals surface area contributed by atoms with E-state index >= 15 is 0 Å². The smallest absolute Gasteiger partial charge is 0.235 e. The van der Waals surface area contributed by atoms with Crippen molar-refractivity contribution < 1.29 is 4.79 Å². The van der Waals surface area contributed by atoms with E-state index in [0.717, 1.165) is 15.8 Å². The Hall–Kier alpha value is -1.34. The number of hydrogen-bond acceptors (Lipinski definition) is 6. The second-order valence-electron chi connectivity index (χ2n) is 3.83. The van der Waals surface area contributed by atoms with Crippen LogP contribution in [0.25, 0.3) is 10.2 Å². The van der Waals surface area contributed by atoms with Gasteiger partial charge in [0.2, 0.25) is 5.91 Å². The molecule has 0 bridgehead atoms. The third kappa shape index (κ3) is 2.41. The zero-order valence-electron chi connectivity index (χ0n) is 10.6. The number of aromatic nitrogens is 2. The molecule has 0 saturated carbocycles. The molecular formula is C11H14N4OS2. The number of nitrogens with zero attached hydrogens (tertiary/aromatic N) is 2. The fraction of sp³-hybridized carbons (Fsp3) is 0.364. The summed E-state index contributed by atoms with van der Waals surface area (Å²) in [7, 11) is 0. The highest BCUT2D eigenvalue weighted by molar-refractivity contribution is 7.98. The second-order valence-corrected chi connectivity index (χ2v) is 5.81. The number of hydrazine groups is 1. The number of carbonyl (C=O) groups is 1. The first kappa shape index (κ1) is 13.1. The highest BCUT2D eigenvalue weighted by atomic mass is 32.2. The minimum absolute atomic E-state index is 0.155. The molecule has 96 valence electrons. The molecule has 0 aromatic carbocycles. The van der Waals surface area contributed by atoms with E-state index in [1.807, 2.05) is 13.2 Å². The summed E-state index contributed by atoms with van der Waals surface area (Å²) in [5.74, 6) is 0.499. The Morgan fingerprint density at radius 3 is 2.67 bits per heavy atom. The van der Waals surface area contributed by atoms with E-state index in [9.17, 15) is 4.79 Å². The van der Waals surface area contributed by atoms with Crippen molar-refractivity contribution in [2.45, 2.75) is 25.9 Å². The van der Waals surface area contributed by atoms with Crippen LogP contribution >= 0.6 is 23.1 Å². The van der Waals surface area contributed by atoms with Crippen LogP contribution in [0.3, 0.4) is 0 Å². The van der Waals surface area contributed by atoms with E-state index in [0.29, 0.717) is 11.0 Å². The maximum Gasteiger partial charge on any atom is 0.235 e. The quantitative estimate of drug-likeness (QED) is 0.514. The fourth-order valence-corrected chi connectivity index (χ4v) is 3.01. The van der Waals surface area contributed by atoms with Crippen LogP contribution in [0.5, 0.6) is 0 Å². The molecule has 2 N–H and O–H groups in total. The lowest BCUT2D eigenvalue weighted by Gasteiger charge is -2.08. The molecule has 2 aromatic heterocycles. The normalized spacial score (nSPS) is 10.7. The molecule has 2 rings (SSSR count). The van der Waals surface area contributed by atoms with Crippen molar-refractivity contribution in [2.24, 2.45) is 0 Å². The average molecular weight is 282 g/mol. The fourth-order valence-electron chi connectivity index (χ4n) is 1.56. The van der Waals surface area contributed by atoms with Gasteiger partial charge < -0.3 is 0 Å². The van der Waals surface area contributed by atoms with E-state index in [-0.39, 0.29) is 5.91 Å². The maximum atomic E-state index is 11.0. The van der Waals surface area contributed by atoms with Crippen molar-refractivity contribution in [3.05, 3.63) is 10.4 Å². The summed E-state index contributed by atoms with van der Waals surface area (Å²) in [6, 6.07) is 0. The van der Waals surface area contributed by atoms with Gasteiger partial charge in [-0.05, 0) is 25.7 Å². The number of rotatable bonds is 3. The van der Waals surface area contributed by atoms with Crippen LogP contribution < -0.4 is 10.9 Å². The molecular weight excluding hydrogens is 268 g/mol. The van der Waals surface area contributed by atoms with Crippen LogP contribution in [0.4, 0.5) is 5.82 Å². The molecule has 0 aliphatic heterocycles. The second kappa shape index (κ2) is 5.11. The first-order chi connectivity index (χ1) is 8.52. The first-order valence-corrected chi connectivity index (χ1v) is 7.41. The summed E-state index contributed by atoms with van der Waals surface area (Å²) in [6.45, 7) is 5.55. The van der Waals surface area contributed by atoms with Crippen molar-refractivity contribution in [1.29, 1.82) is 0 Å². The molecule has 0 spiro atoms. The van der Waals surface area contributed by atoms with Gasteiger partial charge in [0.15, 0.2) is 11.0 Å². The number of thioether (sulfide) groups is 1. The molecule has 18 heavy (non-hydrogen) atoms. The number of aryl methyl sites for hydroxylation is 2. The van der Waals surface area contributed by atoms with Crippen molar-refractivity contribution in [3.63, 3.8) is 0 Å². The number of amides is 1. The molecule has 1 amide bonds. The Labute approximate surface area is 113 Å². The minimum atomic E-state index is -0.155. The van der Waals surface area contributed by atoms with Gasteiger partial charge in [-0.3, -0.25) is 15.6 Å². The lowest BCUT2D eigenvalue weighted by molar-refractivity contribution is -0.118. The Balaban J connectivity index is 2.56. The maximum absolute atomic E-state index is 11.0. The van der Waals surface area contributed by atoms with Crippen molar-refractivity contribution in [2.75, 3.05) is 11.7 Å². The third-order valence-corrected chi connectivity index (χ3v) is 4.20. The Morgan fingerprint density at radius 2 is 2.06 bits per heavy atom. The standard InChI is InChI=1S/C11H14N4OS2/c1-5-6(2)18-10-8(5)9(15-14-7(3)16)12-11(13-10)17-4/h1-4H3,(H,14,16)(H,12,13,15). The zero-order valence-corrected chi connectivity index (χ0v) is 12.3. The zero-order chi connectivity index (χ0) is 13.3. The van der Waals surface area contributed by atoms with Gasteiger partial charge in [-0.25, -0.2) is 9.97 Å². The Kier molecular flexibility index (Phi) is 3.72. The SMILES string of the molecule is CSc1nc(NNC(C)=O)c2c(C)c(C)sc2n1. The predicted molar refractivity (Wildman–Crippen MR) is 76.1 cm³/mol. The number of fused-ring (bicyclic) bond motifs is 1. The van der Waals surface area contributed by atoms with E-state index in [4.69, 9.17) is 0 Å². The lowest BCUT2D eigenvalue weighted by atomic mass is 10.2. The Bertz CT molecular complexity index is 609. The summed E-state index contributed by atoms with van der Waals surface area (Å²) < 4.78 is 0. The van der Waals surface area contributed by atoms with Gasteiger partial charge in [-0.1, -0.05) is 11.8 Å². The summed E-state index contributed by atoms with van der Waals surface area (Å²) >= 11 is 3.12. The number of nitrogens with one attached hydrogen (secondary N) is 2. The van der Waals surface area contributed by atoms with E-state index in [1.165, 1.54) is 23.6 Å². The van der Waals surface area contributed by atoms with Crippen LogP contribution in [0.2, 0.25) is 0 Å². The Morgan fingerprint density at radius 1 is 1.33 bits per heavy atom. The van der Waals surface area contributed by atoms with Gasteiger partial charge in [0.1, 0.15) is 4.83 Å². The van der Waals surface area contributed by atoms with Gasteiger partial charge >= 0.3 is 0 Å². The van der Waals surface area contributed by atoms with Gasteiger partial charge in [-0.15, -0.1) is 11.3 Å². The minimum Gasteiger partial charge on any atom is -0.281 e. The molecule has 0 unspecified atom stereocenters. The molecule has 0 fully saturated rings. The summed E-state index contributed by atoms with van der Waals surface area (Å²) in [4.78, 5) is 22.0. The molecule has 0 saturated heterocycles. The molecule has 7 heteroatoms. The predicted octanol–water partition coefficient (Wildman–Crippen LogP) is 2.49. The van der Waals surface area contributed by atoms with Gasteiger partial charge in [0.05, 0.1) is 5.39 Å². The lowest BCUT2D eigenvalue weighted by Crippen LogP contribution is -2.27. The number of thiophene rings is 1. The topological polar surface area (TPSA) is 66.9 Å². The van der Waals surface area contributed by atoms with Gasteiger partial charge in [-0.2, -0.15) is 0 Å². The van der Waals surface area contributed by atoms with Gasteiger partial charge in [0, 0.05) is 11.8 Å². The molecule has 0 atom stereocenters. The van der Waals surface area contributed by atoms with Crippen molar-refractivity contribution >= 4 is 45.0 Å².